The molecule has 0 heterocycles. The Morgan fingerprint density at radius 1 is 1.29 bits per heavy atom. The summed E-state index contributed by atoms with van der Waals surface area (Å²) in [5.74, 6) is -2.95. The van der Waals surface area contributed by atoms with E-state index in [2.05, 4.69) is 21.2 Å². The quantitative estimate of drug-likeness (QED) is 0.865. The summed E-state index contributed by atoms with van der Waals surface area (Å²) in [5, 5.41) is 11.9. The van der Waals surface area contributed by atoms with Crippen LogP contribution >= 0.6 is 15.9 Å². The topological polar surface area (TPSA) is 66.4 Å². The van der Waals surface area contributed by atoms with Gasteiger partial charge in [0.05, 0.1) is 16.3 Å². The van der Waals surface area contributed by atoms with Gasteiger partial charge in [-0.2, -0.15) is 0 Å². The van der Waals surface area contributed by atoms with Crippen LogP contribution in [-0.4, -0.2) is 17.0 Å². The second kappa shape index (κ2) is 6.56. The van der Waals surface area contributed by atoms with Crippen molar-refractivity contribution in [2.45, 2.75) is 32.6 Å². The molecule has 114 valence electrons. The van der Waals surface area contributed by atoms with Gasteiger partial charge in [0, 0.05) is 5.69 Å². The largest absolute Gasteiger partial charge is 0.481 e. The number of carboxylic acid groups (broad SMARTS) is 1. The zero-order valence-corrected chi connectivity index (χ0v) is 13.2. The van der Waals surface area contributed by atoms with Crippen LogP contribution in [0.25, 0.3) is 0 Å². The van der Waals surface area contributed by atoms with Crippen molar-refractivity contribution in [1.82, 2.24) is 0 Å². The van der Waals surface area contributed by atoms with Crippen molar-refractivity contribution in [3.05, 3.63) is 28.0 Å². The van der Waals surface area contributed by atoms with Crippen LogP contribution in [0, 0.1) is 24.6 Å². The van der Waals surface area contributed by atoms with Crippen molar-refractivity contribution in [3.63, 3.8) is 0 Å². The third-order valence-corrected chi connectivity index (χ3v) is 4.55. The Kier molecular flexibility index (Phi) is 4.98. The molecule has 0 aromatic heterocycles. The highest BCUT2D eigenvalue weighted by molar-refractivity contribution is 9.10. The van der Waals surface area contributed by atoms with Gasteiger partial charge in [-0.25, -0.2) is 4.39 Å². The van der Waals surface area contributed by atoms with Crippen LogP contribution in [0.15, 0.2) is 16.6 Å². The van der Waals surface area contributed by atoms with Crippen LogP contribution in [0.3, 0.4) is 0 Å². The number of hydrogen-bond acceptors (Lipinski definition) is 2. The molecule has 1 aromatic rings. The molecule has 1 amide bonds. The summed E-state index contributed by atoms with van der Waals surface area (Å²) in [5.41, 5.74) is 1.11. The lowest BCUT2D eigenvalue weighted by Gasteiger charge is -2.27. The van der Waals surface area contributed by atoms with E-state index < -0.39 is 23.6 Å². The van der Waals surface area contributed by atoms with Crippen molar-refractivity contribution in [2.24, 2.45) is 11.8 Å². The lowest BCUT2D eigenvalue weighted by Crippen LogP contribution is -2.36. The first kappa shape index (κ1) is 15.9. The molecule has 0 radical (unpaired) electrons. The zero-order chi connectivity index (χ0) is 15.6. The molecule has 1 saturated carbocycles. The van der Waals surface area contributed by atoms with Gasteiger partial charge in [0.15, 0.2) is 0 Å². The van der Waals surface area contributed by atoms with Gasteiger partial charge in [0.25, 0.3) is 0 Å². The van der Waals surface area contributed by atoms with Gasteiger partial charge in [-0.1, -0.05) is 12.8 Å². The van der Waals surface area contributed by atoms with Crippen LogP contribution in [0.4, 0.5) is 10.1 Å². The van der Waals surface area contributed by atoms with Crippen LogP contribution in [0.1, 0.15) is 31.2 Å². The van der Waals surface area contributed by atoms with Crippen molar-refractivity contribution in [2.75, 3.05) is 5.32 Å². The van der Waals surface area contributed by atoms with Gasteiger partial charge in [-0.05, 0) is 53.4 Å². The molecule has 1 aromatic carbocycles. The number of amides is 1. The fourth-order valence-corrected chi connectivity index (χ4v) is 3.20. The first-order chi connectivity index (χ1) is 9.90. The number of carboxylic acids is 1. The maximum atomic E-state index is 13.6. The Balaban J connectivity index is 2.17. The minimum atomic E-state index is -0.937. The SMILES string of the molecule is Cc1cc(Br)c(F)cc1NC(=O)C1CCCCC1C(=O)O. The van der Waals surface area contributed by atoms with E-state index in [9.17, 15) is 19.1 Å². The lowest BCUT2D eigenvalue weighted by molar-refractivity contribution is -0.147. The smallest absolute Gasteiger partial charge is 0.307 e. The van der Waals surface area contributed by atoms with E-state index in [1.165, 1.54) is 6.07 Å². The highest BCUT2D eigenvalue weighted by Gasteiger charge is 2.35. The molecule has 1 fully saturated rings. The Morgan fingerprint density at radius 3 is 2.52 bits per heavy atom. The van der Waals surface area contributed by atoms with Crippen LogP contribution in [0.2, 0.25) is 0 Å². The Hall–Kier alpha value is -1.43. The highest BCUT2D eigenvalue weighted by atomic mass is 79.9. The summed E-state index contributed by atoms with van der Waals surface area (Å²) < 4.78 is 13.9. The molecule has 2 N–H and O–H groups in total. The first-order valence-corrected chi connectivity index (χ1v) is 7.68. The maximum absolute atomic E-state index is 13.6. The first-order valence-electron chi connectivity index (χ1n) is 6.89. The maximum Gasteiger partial charge on any atom is 0.307 e. The molecule has 21 heavy (non-hydrogen) atoms. The number of nitrogens with one attached hydrogen (secondary N) is 1. The van der Waals surface area contributed by atoms with E-state index in [1.54, 1.807) is 13.0 Å². The number of rotatable bonds is 3. The second-order valence-corrected chi connectivity index (χ2v) is 6.26. The number of anilines is 1. The Morgan fingerprint density at radius 2 is 1.90 bits per heavy atom. The van der Waals surface area contributed by atoms with E-state index in [0.29, 0.717) is 23.0 Å². The van der Waals surface area contributed by atoms with Crippen LogP contribution < -0.4 is 5.32 Å². The minimum absolute atomic E-state index is 0.332. The van der Waals surface area contributed by atoms with Gasteiger partial charge in [0.1, 0.15) is 5.82 Å². The number of aliphatic carboxylic acids is 1. The third-order valence-electron chi connectivity index (χ3n) is 3.95. The lowest BCUT2D eigenvalue weighted by atomic mass is 9.78. The molecule has 2 rings (SSSR count). The summed E-state index contributed by atoms with van der Waals surface area (Å²) in [6.45, 7) is 1.76. The normalized spacial score (nSPS) is 21.9. The molecule has 1 aliphatic carbocycles. The number of hydrogen-bond donors (Lipinski definition) is 2. The molecule has 2 atom stereocenters. The summed E-state index contributed by atoms with van der Waals surface area (Å²) in [7, 11) is 0. The van der Waals surface area contributed by atoms with Crippen molar-refractivity contribution < 1.29 is 19.1 Å². The van der Waals surface area contributed by atoms with Gasteiger partial charge in [-0.3, -0.25) is 9.59 Å². The van der Waals surface area contributed by atoms with E-state index in [0.717, 1.165) is 18.4 Å². The third kappa shape index (κ3) is 3.61. The highest BCUT2D eigenvalue weighted by Crippen LogP contribution is 2.32. The number of aryl methyl sites for hydroxylation is 1. The molecular weight excluding hydrogens is 341 g/mol. The predicted molar refractivity (Wildman–Crippen MR) is 80.6 cm³/mol. The van der Waals surface area contributed by atoms with Crippen molar-refractivity contribution in [3.8, 4) is 0 Å². The second-order valence-electron chi connectivity index (χ2n) is 5.41. The fourth-order valence-electron chi connectivity index (χ4n) is 2.75. The molecule has 6 heteroatoms. The van der Waals surface area contributed by atoms with Crippen molar-refractivity contribution in [1.29, 1.82) is 0 Å². The fraction of sp³-hybridized carbons (Fsp3) is 0.467. The van der Waals surface area contributed by atoms with E-state index >= 15 is 0 Å². The van der Waals surface area contributed by atoms with Gasteiger partial charge in [-0.15, -0.1) is 0 Å². The zero-order valence-electron chi connectivity index (χ0n) is 11.7. The summed E-state index contributed by atoms with van der Waals surface area (Å²) >= 11 is 3.09. The van der Waals surface area contributed by atoms with E-state index in [-0.39, 0.29) is 5.91 Å². The monoisotopic (exact) mass is 357 g/mol. The molecule has 0 bridgehead atoms. The average molecular weight is 358 g/mol. The molecule has 4 nitrogen and oxygen atoms in total. The Bertz CT molecular complexity index is 576. The molecule has 1 aliphatic rings. The summed E-state index contributed by atoms with van der Waals surface area (Å²) in [4.78, 5) is 23.6. The number of halogens is 2. The molecule has 0 spiro atoms. The molecule has 2 unspecified atom stereocenters. The Labute approximate surface area is 130 Å². The minimum Gasteiger partial charge on any atom is -0.481 e. The predicted octanol–water partition coefficient (Wildman–Crippen LogP) is 3.73. The van der Waals surface area contributed by atoms with Crippen LogP contribution in [0.5, 0.6) is 0 Å². The van der Waals surface area contributed by atoms with Crippen LogP contribution in [-0.2, 0) is 9.59 Å². The summed E-state index contributed by atoms with van der Waals surface area (Å²) in [6, 6.07) is 2.83. The van der Waals surface area contributed by atoms with Gasteiger partial charge < -0.3 is 10.4 Å². The molecule has 0 aliphatic heterocycles. The summed E-state index contributed by atoms with van der Waals surface area (Å²) in [6.07, 6.45) is 2.74. The van der Waals surface area contributed by atoms with E-state index in [4.69, 9.17) is 0 Å². The number of benzene rings is 1. The molecular formula is C15H17BrFNO3. The standard InChI is InChI=1S/C15H17BrFNO3/c1-8-6-11(16)12(17)7-13(8)18-14(19)9-4-2-3-5-10(9)15(20)21/h6-7,9-10H,2-5H2,1H3,(H,18,19)(H,20,21). The molecule has 0 saturated heterocycles. The van der Waals surface area contributed by atoms with E-state index in [1.807, 2.05) is 0 Å². The van der Waals surface area contributed by atoms with Gasteiger partial charge in [0.2, 0.25) is 5.91 Å². The van der Waals surface area contributed by atoms with Gasteiger partial charge >= 0.3 is 5.97 Å². The average Bonchev–Trinajstić information content (AvgIpc) is 2.44. The number of carbonyl (C=O) groups is 2. The van der Waals surface area contributed by atoms with Crippen molar-refractivity contribution >= 4 is 33.5 Å². The number of carbonyl (C=O) groups excluding carboxylic acids is 1.